The Hall–Kier alpha value is -2.13. The molecule has 1 aliphatic carbocycles. The van der Waals surface area contributed by atoms with E-state index in [9.17, 15) is 4.79 Å². The van der Waals surface area contributed by atoms with Gasteiger partial charge in [0.25, 0.3) is 0 Å². The van der Waals surface area contributed by atoms with Crippen LogP contribution in [0, 0.1) is 11.8 Å². The highest BCUT2D eigenvalue weighted by Gasteiger charge is 2.46. The van der Waals surface area contributed by atoms with Crippen LogP contribution in [-0.2, 0) is 16.1 Å². The average Bonchev–Trinajstić information content (AvgIpc) is 3.33. The third kappa shape index (κ3) is 3.93. The highest BCUT2D eigenvalue weighted by atomic mass is 16.5. The summed E-state index contributed by atoms with van der Waals surface area (Å²) in [6.07, 6.45) is 2.07. The molecule has 130 valence electrons. The summed E-state index contributed by atoms with van der Waals surface area (Å²) in [6, 6.07) is 20.7. The van der Waals surface area contributed by atoms with E-state index in [1.165, 1.54) is 11.1 Å². The Morgan fingerprint density at radius 2 is 1.76 bits per heavy atom. The van der Waals surface area contributed by atoms with Crippen molar-refractivity contribution in [1.29, 1.82) is 0 Å². The van der Waals surface area contributed by atoms with E-state index in [2.05, 4.69) is 41.3 Å². The summed E-state index contributed by atoms with van der Waals surface area (Å²) in [7, 11) is 0. The highest BCUT2D eigenvalue weighted by molar-refractivity contribution is 5.83. The van der Waals surface area contributed by atoms with Gasteiger partial charge in [-0.25, -0.2) is 0 Å². The number of likely N-dealkylation sites (tertiary alicyclic amines) is 1. The average molecular weight is 335 g/mol. The largest absolute Gasteiger partial charge is 0.376 e. The molecule has 25 heavy (non-hydrogen) atoms. The maximum absolute atomic E-state index is 12.7. The summed E-state index contributed by atoms with van der Waals surface area (Å²) >= 11 is 0. The van der Waals surface area contributed by atoms with Crippen molar-refractivity contribution in [2.24, 2.45) is 11.8 Å². The maximum atomic E-state index is 12.7. The first-order chi connectivity index (χ1) is 12.3. The van der Waals surface area contributed by atoms with E-state index in [0.29, 0.717) is 24.3 Å². The molecule has 0 unspecified atom stereocenters. The fourth-order valence-electron chi connectivity index (χ4n) is 3.86. The molecule has 2 fully saturated rings. The predicted molar refractivity (Wildman–Crippen MR) is 98.1 cm³/mol. The van der Waals surface area contributed by atoms with Gasteiger partial charge in [-0.3, -0.25) is 4.79 Å². The molecule has 3 nitrogen and oxygen atoms in total. The number of carbonyl (C=O) groups is 1. The lowest BCUT2D eigenvalue weighted by Crippen LogP contribution is -2.31. The summed E-state index contributed by atoms with van der Waals surface area (Å²) in [4.78, 5) is 14.8. The zero-order valence-corrected chi connectivity index (χ0v) is 14.5. The van der Waals surface area contributed by atoms with Crippen molar-refractivity contribution >= 4 is 5.91 Å². The minimum atomic E-state index is 0.200. The number of hydrogen-bond acceptors (Lipinski definition) is 2. The van der Waals surface area contributed by atoms with Crippen molar-refractivity contribution in [3.05, 3.63) is 71.8 Å². The van der Waals surface area contributed by atoms with Gasteiger partial charge in [-0.1, -0.05) is 60.7 Å². The van der Waals surface area contributed by atoms with E-state index >= 15 is 0 Å². The summed E-state index contributed by atoms with van der Waals surface area (Å²) in [5, 5.41) is 0. The van der Waals surface area contributed by atoms with E-state index < -0.39 is 0 Å². The second-order valence-corrected chi connectivity index (χ2v) is 7.30. The van der Waals surface area contributed by atoms with E-state index in [1.54, 1.807) is 0 Å². The van der Waals surface area contributed by atoms with Crippen LogP contribution in [0.1, 0.15) is 29.9 Å². The van der Waals surface area contributed by atoms with E-state index in [0.717, 1.165) is 32.5 Å². The minimum absolute atomic E-state index is 0.200. The van der Waals surface area contributed by atoms with Crippen LogP contribution in [0.2, 0.25) is 0 Å². The van der Waals surface area contributed by atoms with Crippen LogP contribution in [0.4, 0.5) is 0 Å². The molecule has 3 atom stereocenters. The molecule has 0 spiro atoms. The lowest BCUT2D eigenvalue weighted by atomic mass is 10.1. The van der Waals surface area contributed by atoms with E-state index in [4.69, 9.17) is 4.74 Å². The molecule has 0 radical (unpaired) electrons. The summed E-state index contributed by atoms with van der Waals surface area (Å²) in [5.74, 6) is 1.45. The Kier molecular flexibility index (Phi) is 4.84. The number of carbonyl (C=O) groups excluding carboxylic acids is 1. The number of nitrogens with zero attached hydrogens (tertiary/aromatic N) is 1. The second-order valence-electron chi connectivity index (χ2n) is 7.30. The van der Waals surface area contributed by atoms with Crippen LogP contribution in [0.5, 0.6) is 0 Å². The lowest BCUT2D eigenvalue weighted by molar-refractivity contribution is -0.131. The van der Waals surface area contributed by atoms with Crippen LogP contribution in [0.3, 0.4) is 0 Å². The zero-order chi connectivity index (χ0) is 17.1. The number of hydrogen-bond donors (Lipinski definition) is 0. The Bertz CT molecular complexity index is 700. The number of amides is 1. The summed E-state index contributed by atoms with van der Waals surface area (Å²) in [6.45, 7) is 3.14. The number of ether oxygens (including phenoxy) is 1. The molecular weight excluding hydrogens is 310 g/mol. The molecule has 2 aromatic rings. The van der Waals surface area contributed by atoms with Gasteiger partial charge in [0, 0.05) is 24.9 Å². The summed E-state index contributed by atoms with van der Waals surface area (Å²) < 4.78 is 5.86. The van der Waals surface area contributed by atoms with Gasteiger partial charge in [-0.2, -0.15) is 0 Å². The molecule has 3 heteroatoms. The van der Waals surface area contributed by atoms with Gasteiger partial charge in [-0.05, 0) is 29.9 Å². The number of rotatable bonds is 6. The molecule has 0 N–H and O–H groups in total. The topological polar surface area (TPSA) is 29.5 Å². The highest BCUT2D eigenvalue weighted by Crippen LogP contribution is 2.48. The van der Waals surface area contributed by atoms with Crippen molar-refractivity contribution in [2.75, 3.05) is 19.7 Å². The van der Waals surface area contributed by atoms with Crippen LogP contribution < -0.4 is 0 Å². The zero-order valence-electron chi connectivity index (χ0n) is 14.5. The standard InChI is InChI=1S/C22H25NO2/c24-22(21-13-20(21)19-9-5-2-6-10-19)23-12-11-18(14-23)16-25-15-17-7-3-1-4-8-17/h1-10,18,20-21H,11-16H2/t18-,20+,21-/m1/s1. The van der Waals surface area contributed by atoms with Crippen molar-refractivity contribution in [3.63, 3.8) is 0 Å². The molecule has 0 bridgehead atoms. The quantitative estimate of drug-likeness (QED) is 0.802. The first kappa shape index (κ1) is 16.3. The van der Waals surface area contributed by atoms with Crippen LogP contribution in [-0.4, -0.2) is 30.5 Å². The minimum Gasteiger partial charge on any atom is -0.376 e. The van der Waals surface area contributed by atoms with Crippen LogP contribution >= 0.6 is 0 Å². The van der Waals surface area contributed by atoms with Crippen LogP contribution in [0.25, 0.3) is 0 Å². The van der Waals surface area contributed by atoms with Gasteiger partial charge in [0.2, 0.25) is 5.91 Å². The molecule has 1 saturated carbocycles. The van der Waals surface area contributed by atoms with Gasteiger partial charge in [0.1, 0.15) is 0 Å². The van der Waals surface area contributed by atoms with Crippen molar-refractivity contribution in [2.45, 2.75) is 25.4 Å². The molecule has 2 aliphatic rings. The smallest absolute Gasteiger partial charge is 0.226 e. The number of benzene rings is 2. The first-order valence-corrected chi connectivity index (χ1v) is 9.26. The maximum Gasteiger partial charge on any atom is 0.226 e. The van der Waals surface area contributed by atoms with Crippen molar-refractivity contribution < 1.29 is 9.53 Å². The van der Waals surface area contributed by atoms with Crippen molar-refractivity contribution in [1.82, 2.24) is 4.90 Å². The van der Waals surface area contributed by atoms with Gasteiger partial charge in [0.05, 0.1) is 13.2 Å². The van der Waals surface area contributed by atoms with E-state index in [-0.39, 0.29) is 5.92 Å². The summed E-state index contributed by atoms with van der Waals surface area (Å²) in [5.41, 5.74) is 2.51. The van der Waals surface area contributed by atoms with E-state index in [1.807, 2.05) is 24.3 Å². The van der Waals surface area contributed by atoms with Crippen LogP contribution in [0.15, 0.2) is 60.7 Å². The molecule has 4 rings (SSSR count). The fourth-order valence-corrected chi connectivity index (χ4v) is 3.86. The third-order valence-electron chi connectivity index (χ3n) is 5.40. The molecule has 2 aromatic carbocycles. The first-order valence-electron chi connectivity index (χ1n) is 9.26. The molecule has 1 aliphatic heterocycles. The SMILES string of the molecule is O=C([C@@H]1C[C@H]1c1ccccc1)N1CC[C@@H](COCc2ccccc2)C1. The second kappa shape index (κ2) is 7.40. The van der Waals surface area contributed by atoms with Gasteiger partial charge < -0.3 is 9.64 Å². The molecule has 0 aromatic heterocycles. The molecule has 1 amide bonds. The van der Waals surface area contributed by atoms with Gasteiger partial charge >= 0.3 is 0 Å². The van der Waals surface area contributed by atoms with Gasteiger partial charge in [-0.15, -0.1) is 0 Å². The third-order valence-corrected chi connectivity index (χ3v) is 5.40. The normalized spacial score (nSPS) is 25.1. The Morgan fingerprint density at radius 1 is 1.04 bits per heavy atom. The molecule has 1 saturated heterocycles. The monoisotopic (exact) mass is 335 g/mol. The lowest BCUT2D eigenvalue weighted by Gasteiger charge is -2.17. The Balaban J connectivity index is 1.22. The molecular formula is C22H25NO2. The predicted octanol–water partition coefficient (Wildman–Crippen LogP) is 3.86. The Morgan fingerprint density at radius 3 is 2.52 bits per heavy atom. The van der Waals surface area contributed by atoms with Gasteiger partial charge in [0.15, 0.2) is 0 Å². The fraction of sp³-hybridized carbons (Fsp3) is 0.409. The van der Waals surface area contributed by atoms with Crippen molar-refractivity contribution in [3.8, 4) is 0 Å². The molecule has 1 heterocycles. The Labute approximate surface area is 149 Å².